The number of carboxylic acid groups (broad SMARTS) is 1. The summed E-state index contributed by atoms with van der Waals surface area (Å²) in [5, 5.41) is 10.1. The smallest absolute Gasteiger partial charge is 0.336 e. The molecule has 0 aliphatic heterocycles. The maximum atomic E-state index is 11.4. The first-order chi connectivity index (χ1) is 9.47. The molecule has 4 heteroatoms. The van der Waals surface area contributed by atoms with Crippen LogP contribution in [0.15, 0.2) is 42.5 Å². The Morgan fingerprint density at radius 3 is 2.45 bits per heavy atom. The molecule has 0 spiro atoms. The van der Waals surface area contributed by atoms with E-state index >= 15 is 0 Å². The zero-order valence-electron chi connectivity index (χ0n) is 10.7. The van der Waals surface area contributed by atoms with Gasteiger partial charge in [0.1, 0.15) is 0 Å². The lowest BCUT2D eigenvalue weighted by molar-refractivity contribution is -0.130. The van der Waals surface area contributed by atoms with E-state index in [4.69, 9.17) is 23.2 Å². The summed E-state index contributed by atoms with van der Waals surface area (Å²) in [5.74, 6) is -1.01. The van der Waals surface area contributed by atoms with Gasteiger partial charge < -0.3 is 5.11 Å². The zero-order valence-corrected chi connectivity index (χ0v) is 12.2. The Kier molecular flexibility index (Phi) is 4.48. The van der Waals surface area contributed by atoms with Crippen LogP contribution in [0.3, 0.4) is 0 Å². The molecule has 0 heterocycles. The lowest BCUT2D eigenvalue weighted by Gasteiger charge is -2.05. The number of benzene rings is 2. The summed E-state index contributed by atoms with van der Waals surface area (Å²) < 4.78 is 0. The Labute approximate surface area is 127 Å². The maximum Gasteiger partial charge on any atom is 0.336 e. The molecule has 0 amide bonds. The Morgan fingerprint density at radius 1 is 1.10 bits per heavy atom. The summed E-state index contributed by atoms with van der Waals surface area (Å²) in [7, 11) is 0. The molecule has 0 fully saturated rings. The number of aliphatic carboxylic acids is 1. The maximum absolute atomic E-state index is 11.4. The Balaban J connectivity index is 2.51. The third-order valence-corrected chi connectivity index (χ3v) is 3.55. The van der Waals surface area contributed by atoms with Crippen molar-refractivity contribution < 1.29 is 9.90 Å². The van der Waals surface area contributed by atoms with Gasteiger partial charge in [-0.05, 0) is 36.3 Å². The van der Waals surface area contributed by atoms with Gasteiger partial charge in [0.2, 0.25) is 0 Å². The highest BCUT2D eigenvalue weighted by molar-refractivity contribution is 6.42. The molecular weight excluding hydrogens is 295 g/mol. The Bertz CT molecular complexity index is 691. The average Bonchev–Trinajstić information content (AvgIpc) is 2.39. The van der Waals surface area contributed by atoms with Crippen molar-refractivity contribution in [2.75, 3.05) is 0 Å². The molecule has 20 heavy (non-hydrogen) atoms. The second kappa shape index (κ2) is 6.12. The van der Waals surface area contributed by atoms with Crippen molar-refractivity contribution in [3.63, 3.8) is 0 Å². The van der Waals surface area contributed by atoms with Crippen LogP contribution in [0.2, 0.25) is 10.0 Å². The normalized spacial score (nSPS) is 11.4. The summed E-state index contributed by atoms with van der Waals surface area (Å²) in [6, 6.07) is 12.4. The highest BCUT2D eigenvalue weighted by atomic mass is 35.5. The van der Waals surface area contributed by atoms with Gasteiger partial charge in [-0.25, -0.2) is 4.79 Å². The molecule has 0 aromatic heterocycles. The van der Waals surface area contributed by atoms with Gasteiger partial charge in [0.25, 0.3) is 0 Å². The van der Waals surface area contributed by atoms with Gasteiger partial charge in [0, 0.05) is 0 Å². The minimum absolute atomic E-state index is 0.175. The molecule has 0 radical (unpaired) electrons. The minimum atomic E-state index is -1.01. The van der Waals surface area contributed by atoms with Crippen LogP contribution in [0, 0.1) is 6.92 Å². The van der Waals surface area contributed by atoms with Crippen LogP contribution < -0.4 is 0 Å². The first-order valence-corrected chi connectivity index (χ1v) is 6.70. The number of hydrogen-bond donors (Lipinski definition) is 1. The molecule has 0 unspecified atom stereocenters. The number of carbonyl (C=O) groups is 1. The number of carboxylic acids is 1. The summed E-state index contributed by atoms with van der Waals surface area (Å²) in [5.41, 5.74) is 2.59. The minimum Gasteiger partial charge on any atom is -0.478 e. The quantitative estimate of drug-likeness (QED) is 0.645. The fourth-order valence-electron chi connectivity index (χ4n) is 1.86. The van der Waals surface area contributed by atoms with Crippen LogP contribution in [0.4, 0.5) is 0 Å². The van der Waals surface area contributed by atoms with Gasteiger partial charge in [-0.1, -0.05) is 59.1 Å². The lowest BCUT2D eigenvalue weighted by atomic mass is 10.0. The van der Waals surface area contributed by atoms with Gasteiger partial charge in [-0.2, -0.15) is 0 Å². The zero-order chi connectivity index (χ0) is 14.7. The monoisotopic (exact) mass is 306 g/mol. The summed E-state index contributed by atoms with van der Waals surface area (Å²) >= 11 is 11.8. The second-order valence-electron chi connectivity index (χ2n) is 4.41. The predicted octanol–water partition coefficient (Wildman–Crippen LogP) is 4.93. The van der Waals surface area contributed by atoms with Crippen LogP contribution in [0.1, 0.15) is 16.7 Å². The second-order valence-corrected chi connectivity index (χ2v) is 5.22. The van der Waals surface area contributed by atoms with Crippen molar-refractivity contribution in [2.45, 2.75) is 6.92 Å². The lowest BCUT2D eigenvalue weighted by Crippen LogP contribution is -1.99. The number of rotatable bonds is 3. The summed E-state index contributed by atoms with van der Waals surface area (Å²) in [4.78, 5) is 11.4. The molecule has 1 N–H and O–H groups in total. The van der Waals surface area contributed by atoms with E-state index in [0.717, 1.165) is 11.1 Å². The molecule has 0 aliphatic rings. The Morgan fingerprint density at radius 2 is 1.85 bits per heavy atom. The summed E-state index contributed by atoms with van der Waals surface area (Å²) in [6.07, 6.45) is 1.62. The summed E-state index contributed by atoms with van der Waals surface area (Å²) in [6.45, 7) is 1.96. The van der Waals surface area contributed by atoms with Crippen LogP contribution in [-0.4, -0.2) is 11.1 Å². The predicted molar refractivity (Wildman–Crippen MR) is 83.1 cm³/mol. The fourth-order valence-corrected chi connectivity index (χ4v) is 2.16. The van der Waals surface area contributed by atoms with Crippen LogP contribution in [0.25, 0.3) is 11.6 Å². The van der Waals surface area contributed by atoms with E-state index in [-0.39, 0.29) is 5.57 Å². The van der Waals surface area contributed by atoms with Gasteiger partial charge in [-0.15, -0.1) is 0 Å². The SMILES string of the molecule is Cc1cccc(/C=C(\C(=O)O)c2ccc(Cl)c(Cl)c2)c1. The molecule has 0 bridgehead atoms. The van der Waals surface area contributed by atoms with Crippen LogP contribution in [0.5, 0.6) is 0 Å². The molecule has 2 aromatic rings. The van der Waals surface area contributed by atoms with Gasteiger partial charge in [-0.3, -0.25) is 0 Å². The van der Waals surface area contributed by atoms with Crippen LogP contribution >= 0.6 is 23.2 Å². The van der Waals surface area contributed by atoms with Gasteiger partial charge in [0.15, 0.2) is 0 Å². The topological polar surface area (TPSA) is 37.3 Å². The first-order valence-electron chi connectivity index (χ1n) is 5.94. The van der Waals surface area contributed by atoms with Crippen molar-refractivity contribution in [3.8, 4) is 0 Å². The fraction of sp³-hybridized carbons (Fsp3) is 0.0625. The highest BCUT2D eigenvalue weighted by Gasteiger charge is 2.12. The van der Waals surface area contributed by atoms with Gasteiger partial charge in [0.05, 0.1) is 15.6 Å². The van der Waals surface area contributed by atoms with Crippen molar-refractivity contribution in [3.05, 3.63) is 69.2 Å². The van der Waals surface area contributed by atoms with E-state index < -0.39 is 5.97 Å². The third-order valence-electron chi connectivity index (χ3n) is 2.81. The number of halogens is 2. The highest BCUT2D eigenvalue weighted by Crippen LogP contribution is 2.27. The van der Waals surface area contributed by atoms with E-state index in [1.54, 1.807) is 24.3 Å². The van der Waals surface area contributed by atoms with E-state index in [1.807, 2.05) is 31.2 Å². The first kappa shape index (κ1) is 14.6. The number of hydrogen-bond acceptors (Lipinski definition) is 1. The Hall–Kier alpha value is -1.77. The molecule has 0 saturated carbocycles. The van der Waals surface area contributed by atoms with E-state index in [2.05, 4.69) is 0 Å². The van der Waals surface area contributed by atoms with Gasteiger partial charge >= 0.3 is 5.97 Å². The van der Waals surface area contributed by atoms with Crippen molar-refractivity contribution in [1.82, 2.24) is 0 Å². The van der Waals surface area contributed by atoms with Crippen LogP contribution in [-0.2, 0) is 4.79 Å². The van der Waals surface area contributed by atoms with Crippen molar-refractivity contribution >= 4 is 40.8 Å². The largest absolute Gasteiger partial charge is 0.478 e. The van der Waals surface area contributed by atoms with E-state index in [0.29, 0.717) is 15.6 Å². The van der Waals surface area contributed by atoms with E-state index in [9.17, 15) is 9.90 Å². The molecule has 0 saturated heterocycles. The molecule has 102 valence electrons. The molecule has 2 nitrogen and oxygen atoms in total. The molecule has 0 atom stereocenters. The van der Waals surface area contributed by atoms with Crippen molar-refractivity contribution in [2.24, 2.45) is 0 Å². The molecular formula is C16H12Cl2O2. The van der Waals surface area contributed by atoms with Crippen molar-refractivity contribution in [1.29, 1.82) is 0 Å². The molecule has 0 aliphatic carbocycles. The molecule has 2 rings (SSSR count). The molecule has 2 aromatic carbocycles. The number of aryl methyl sites for hydroxylation is 1. The standard InChI is InChI=1S/C16H12Cl2O2/c1-10-3-2-4-11(7-10)8-13(16(19)20)12-5-6-14(17)15(18)9-12/h2-9H,1H3,(H,19,20)/b13-8-. The average molecular weight is 307 g/mol. The van der Waals surface area contributed by atoms with E-state index in [1.165, 1.54) is 0 Å². The third kappa shape index (κ3) is 3.41.